The van der Waals surface area contributed by atoms with Gasteiger partial charge in [0.2, 0.25) is 0 Å². The Balaban J connectivity index is 2.67. The Hall–Kier alpha value is -2.18. The van der Waals surface area contributed by atoms with Crippen LogP contribution in [0.4, 0.5) is 5.82 Å². The number of aromatic carboxylic acids is 1. The van der Waals surface area contributed by atoms with Crippen LogP contribution in [0.15, 0.2) is 6.07 Å². The Morgan fingerprint density at radius 1 is 1.42 bits per heavy atom. The molecule has 0 saturated heterocycles. The molecule has 0 amide bonds. The molecular formula is C12H17N5O2. The Kier molecular flexibility index (Phi) is 3.13. The summed E-state index contributed by atoms with van der Waals surface area (Å²) >= 11 is 0. The van der Waals surface area contributed by atoms with Crippen LogP contribution in [0.2, 0.25) is 0 Å². The second-order valence-electron chi connectivity index (χ2n) is 5.26. The molecule has 0 fully saturated rings. The van der Waals surface area contributed by atoms with Gasteiger partial charge < -0.3 is 10.4 Å². The predicted molar refractivity (Wildman–Crippen MR) is 70.6 cm³/mol. The summed E-state index contributed by atoms with van der Waals surface area (Å²) in [5, 5.41) is 16.5. The van der Waals surface area contributed by atoms with E-state index in [4.69, 9.17) is 5.11 Å². The molecule has 2 aromatic rings. The van der Waals surface area contributed by atoms with Crippen LogP contribution in [0, 0.1) is 0 Å². The maximum Gasteiger partial charge on any atom is 0.354 e. The second kappa shape index (κ2) is 4.49. The van der Waals surface area contributed by atoms with E-state index in [1.165, 1.54) is 10.6 Å². The largest absolute Gasteiger partial charge is 0.477 e. The number of anilines is 1. The van der Waals surface area contributed by atoms with Gasteiger partial charge in [0, 0.05) is 18.0 Å². The molecule has 2 aromatic heterocycles. The zero-order valence-electron chi connectivity index (χ0n) is 11.4. The van der Waals surface area contributed by atoms with Gasteiger partial charge in [-0.25, -0.2) is 9.78 Å². The van der Waals surface area contributed by atoms with E-state index in [1.54, 1.807) is 0 Å². The van der Waals surface area contributed by atoms with Crippen molar-refractivity contribution in [2.24, 2.45) is 0 Å². The number of nitrogens with zero attached hydrogens (tertiary/aromatic N) is 4. The van der Waals surface area contributed by atoms with Crippen LogP contribution in [0.25, 0.3) is 5.78 Å². The minimum atomic E-state index is -1.08. The van der Waals surface area contributed by atoms with E-state index in [0.29, 0.717) is 24.0 Å². The zero-order chi connectivity index (χ0) is 14.2. The first-order valence-corrected chi connectivity index (χ1v) is 6.08. The van der Waals surface area contributed by atoms with E-state index >= 15 is 0 Å². The predicted octanol–water partition coefficient (Wildman–Crippen LogP) is 1.55. The van der Waals surface area contributed by atoms with Crippen LogP contribution in [-0.4, -0.2) is 37.2 Å². The summed E-state index contributed by atoms with van der Waals surface area (Å²) < 4.78 is 1.54. The van der Waals surface area contributed by atoms with Crippen molar-refractivity contribution in [1.29, 1.82) is 0 Å². The lowest BCUT2D eigenvalue weighted by molar-refractivity contribution is 0.0690. The van der Waals surface area contributed by atoms with Crippen molar-refractivity contribution in [3.8, 4) is 0 Å². The molecule has 0 spiro atoms. The van der Waals surface area contributed by atoms with Crippen molar-refractivity contribution in [2.75, 3.05) is 11.9 Å². The molecule has 0 aliphatic rings. The fourth-order valence-corrected chi connectivity index (χ4v) is 1.60. The second-order valence-corrected chi connectivity index (χ2v) is 5.26. The topological polar surface area (TPSA) is 92.4 Å². The van der Waals surface area contributed by atoms with Gasteiger partial charge in [0.05, 0.1) is 0 Å². The molecule has 7 heteroatoms. The highest BCUT2D eigenvalue weighted by Crippen LogP contribution is 2.20. The van der Waals surface area contributed by atoms with Gasteiger partial charge in [0.15, 0.2) is 11.5 Å². The first-order chi connectivity index (χ1) is 8.82. The number of carboxylic acid groups (broad SMARTS) is 1. The molecule has 19 heavy (non-hydrogen) atoms. The molecule has 0 bridgehead atoms. The first-order valence-electron chi connectivity index (χ1n) is 6.08. The van der Waals surface area contributed by atoms with Crippen molar-refractivity contribution in [3.05, 3.63) is 17.6 Å². The van der Waals surface area contributed by atoms with E-state index in [2.05, 4.69) is 20.4 Å². The van der Waals surface area contributed by atoms with Crippen molar-refractivity contribution < 1.29 is 9.90 Å². The van der Waals surface area contributed by atoms with Crippen molar-refractivity contribution >= 4 is 17.6 Å². The van der Waals surface area contributed by atoms with Gasteiger partial charge in [0.1, 0.15) is 5.82 Å². The molecular weight excluding hydrogens is 246 g/mol. The number of nitrogens with one attached hydrogen (secondary N) is 1. The molecule has 0 radical (unpaired) electrons. The third kappa shape index (κ3) is 2.49. The molecule has 0 unspecified atom stereocenters. The van der Waals surface area contributed by atoms with Crippen LogP contribution in [-0.2, 0) is 5.41 Å². The van der Waals surface area contributed by atoms with E-state index in [1.807, 2.05) is 27.7 Å². The molecule has 2 heterocycles. The number of rotatable bonds is 3. The lowest BCUT2D eigenvalue weighted by atomic mass is 9.96. The van der Waals surface area contributed by atoms with Gasteiger partial charge in [-0.15, -0.1) is 5.10 Å². The van der Waals surface area contributed by atoms with E-state index in [9.17, 15) is 4.79 Å². The van der Waals surface area contributed by atoms with E-state index in [0.717, 1.165) is 0 Å². The highest BCUT2D eigenvalue weighted by atomic mass is 16.4. The number of hydrogen-bond donors (Lipinski definition) is 2. The number of hydrogen-bond acceptors (Lipinski definition) is 5. The average molecular weight is 263 g/mol. The first kappa shape index (κ1) is 13.3. The average Bonchev–Trinajstić information content (AvgIpc) is 2.72. The molecule has 0 aromatic carbocycles. The molecule has 0 saturated carbocycles. The van der Waals surface area contributed by atoms with Crippen molar-refractivity contribution in [3.63, 3.8) is 0 Å². The molecule has 0 atom stereocenters. The number of carbonyl (C=O) groups is 1. The smallest absolute Gasteiger partial charge is 0.354 e. The molecule has 102 valence electrons. The fourth-order valence-electron chi connectivity index (χ4n) is 1.60. The highest BCUT2D eigenvalue weighted by Gasteiger charge is 2.22. The van der Waals surface area contributed by atoms with E-state index in [-0.39, 0.29) is 11.1 Å². The lowest BCUT2D eigenvalue weighted by Crippen LogP contribution is -2.14. The Morgan fingerprint density at radius 2 is 2.11 bits per heavy atom. The third-order valence-corrected chi connectivity index (χ3v) is 2.56. The van der Waals surface area contributed by atoms with Gasteiger partial charge >= 0.3 is 5.97 Å². The highest BCUT2D eigenvalue weighted by molar-refractivity contribution is 5.86. The van der Waals surface area contributed by atoms with Gasteiger partial charge in [-0.2, -0.15) is 9.50 Å². The van der Waals surface area contributed by atoms with Crippen molar-refractivity contribution in [2.45, 2.75) is 33.1 Å². The van der Waals surface area contributed by atoms with Crippen LogP contribution in [0.1, 0.15) is 44.0 Å². The maximum atomic E-state index is 11.1. The van der Waals surface area contributed by atoms with Gasteiger partial charge in [-0.3, -0.25) is 0 Å². The molecule has 2 rings (SSSR count). The quantitative estimate of drug-likeness (QED) is 0.872. The Labute approximate surface area is 110 Å². The van der Waals surface area contributed by atoms with Gasteiger partial charge in [-0.1, -0.05) is 20.8 Å². The maximum absolute atomic E-state index is 11.1. The summed E-state index contributed by atoms with van der Waals surface area (Å²) in [6.07, 6.45) is 0. The van der Waals surface area contributed by atoms with Crippen LogP contribution >= 0.6 is 0 Å². The molecule has 0 aliphatic heterocycles. The van der Waals surface area contributed by atoms with Crippen LogP contribution in [0.3, 0.4) is 0 Å². The zero-order valence-corrected chi connectivity index (χ0v) is 11.4. The Morgan fingerprint density at radius 3 is 2.63 bits per heavy atom. The minimum Gasteiger partial charge on any atom is -0.477 e. The summed E-state index contributed by atoms with van der Waals surface area (Å²) in [6.45, 7) is 8.56. The summed E-state index contributed by atoms with van der Waals surface area (Å²) in [7, 11) is 0. The minimum absolute atomic E-state index is 0.0451. The fraction of sp³-hybridized carbons (Fsp3) is 0.500. The summed E-state index contributed by atoms with van der Waals surface area (Å²) in [6, 6.07) is 1.46. The van der Waals surface area contributed by atoms with Gasteiger partial charge in [-0.05, 0) is 6.92 Å². The monoisotopic (exact) mass is 263 g/mol. The number of aromatic nitrogens is 4. The normalized spacial score (nSPS) is 11.8. The summed E-state index contributed by atoms with van der Waals surface area (Å²) in [4.78, 5) is 19.4. The van der Waals surface area contributed by atoms with Gasteiger partial charge in [0.25, 0.3) is 5.78 Å². The molecule has 2 N–H and O–H groups in total. The molecule has 7 nitrogen and oxygen atoms in total. The van der Waals surface area contributed by atoms with Crippen LogP contribution in [0.5, 0.6) is 0 Å². The number of carboxylic acids is 1. The van der Waals surface area contributed by atoms with Crippen molar-refractivity contribution in [1.82, 2.24) is 19.6 Å². The lowest BCUT2D eigenvalue weighted by Gasteiger charge is -2.11. The standard InChI is InChI=1S/C12H17N5O2/c1-5-13-8-6-7(9(18)19)14-11-15-10(12(2,3)4)16-17(8)11/h6,13H,5H2,1-4H3,(H,18,19). The summed E-state index contributed by atoms with van der Waals surface area (Å²) in [5.41, 5.74) is -0.267. The summed E-state index contributed by atoms with van der Waals surface area (Å²) in [5.74, 6) is 0.414. The molecule has 0 aliphatic carbocycles. The van der Waals surface area contributed by atoms with E-state index < -0.39 is 5.97 Å². The third-order valence-electron chi connectivity index (χ3n) is 2.56. The van der Waals surface area contributed by atoms with Crippen LogP contribution < -0.4 is 5.32 Å². The Bertz CT molecular complexity index is 627. The SMILES string of the molecule is CCNc1cc(C(=O)O)nc2nc(C(C)(C)C)nn12. The number of fused-ring (bicyclic) bond motifs is 1.